The molecule has 44 heavy (non-hydrogen) atoms. The summed E-state index contributed by atoms with van der Waals surface area (Å²) in [5.41, 5.74) is 2.51. The first kappa shape index (κ1) is 31.3. The third kappa shape index (κ3) is 6.50. The number of pyridine rings is 1. The number of nitrogens with one attached hydrogen (secondary N) is 2. The number of benzene rings is 1. The molecule has 0 spiro atoms. The Labute approximate surface area is 254 Å². The van der Waals surface area contributed by atoms with Crippen LogP contribution in [0.4, 0.5) is 24.8 Å². The summed E-state index contributed by atoms with van der Waals surface area (Å²) in [6.45, 7) is 2.95. The Bertz CT molecular complexity index is 1960. The van der Waals surface area contributed by atoms with Crippen molar-refractivity contribution in [2.45, 2.75) is 45.6 Å². The smallest absolute Gasteiger partial charge is 0.377 e. The number of carbonyl (C=O) groups is 1. The quantitative estimate of drug-likeness (QED) is 0.287. The summed E-state index contributed by atoms with van der Waals surface area (Å²) in [5, 5.41) is 7.42. The van der Waals surface area contributed by atoms with E-state index in [1.165, 1.54) is 22.9 Å². The van der Waals surface area contributed by atoms with Crippen molar-refractivity contribution in [1.82, 2.24) is 29.0 Å². The van der Waals surface area contributed by atoms with Gasteiger partial charge >= 0.3 is 6.18 Å². The third-order valence-corrected chi connectivity index (χ3v) is 7.92. The molecular weight excluding hydrogens is 625 g/mol. The second-order valence-electron chi connectivity index (χ2n) is 10.7. The van der Waals surface area contributed by atoms with E-state index >= 15 is 0 Å². The van der Waals surface area contributed by atoms with Crippen LogP contribution in [0.1, 0.15) is 45.8 Å². The number of carbonyl (C=O) groups excluding carboxylic acids is 1. The molecule has 0 bridgehead atoms. The van der Waals surface area contributed by atoms with Crippen molar-refractivity contribution in [3.63, 3.8) is 0 Å². The van der Waals surface area contributed by atoms with Crippen LogP contribution in [0.5, 0.6) is 0 Å². The van der Waals surface area contributed by atoms with E-state index in [0.29, 0.717) is 40.2 Å². The van der Waals surface area contributed by atoms with Crippen LogP contribution in [0.15, 0.2) is 35.3 Å². The minimum absolute atomic E-state index is 0.0219. The normalized spacial score (nSPS) is 14.4. The van der Waals surface area contributed by atoms with Crippen LogP contribution in [0.2, 0.25) is 5.15 Å². The largest absolute Gasteiger partial charge is 0.408 e. The maximum Gasteiger partial charge on any atom is 0.408 e. The number of aromatic nitrogens is 5. The van der Waals surface area contributed by atoms with Crippen molar-refractivity contribution in [2.75, 3.05) is 23.0 Å². The molecule has 1 aromatic carbocycles. The first-order valence-corrected chi connectivity index (χ1v) is 15.6. The topological polar surface area (TPSA) is 144 Å². The third-order valence-electron chi connectivity index (χ3n) is 7.15. The molecule has 0 aliphatic carbocycles. The minimum Gasteiger partial charge on any atom is -0.377 e. The van der Waals surface area contributed by atoms with Gasteiger partial charge in [0, 0.05) is 43.4 Å². The highest BCUT2D eigenvalue weighted by Crippen LogP contribution is 2.31. The van der Waals surface area contributed by atoms with Gasteiger partial charge in [0.15, 0.2) is 5.69 Å². The van der Waals surface area contributed by atoms with Crippen molar-refractivity contribution < 1.29 is 26.4 Å². The Kier molecular flexibility index (Phi) is 8.09. The second kappa shape index (κ2) is 11.4. The number of aryl methyl sites for hydroxylation is 1. The molecule has 1 aliphatic rings. The maximum atomic E-state index is 13.6. The number of fused-ring (bicyclic) bond motifs is 2. The molecule has 1 aliphatic heterocycles. The Hall–Kier alpha value is -4.18. The molecule has 0 saturated heterocycles. The van der Waals surface area contributed by atoms with Crippen molar-refractivity contribution in [1.29, 1.82) is 0 Å². The average molecular weight is 653 g/mol. The van der Waals surface area contributed by atoms with E-state index in [2.05, 4.69) is 15.4 Å². The predicted octanol–water partition coefficient (Wildman–Crippen LogP) is 3.47. The minimum atomic E-state index is -4.40. The van der Waals surface area contributed by atoms with Gasteiger partial charge in [0.1, 0.15) is 11.7 Å². The number of halogens is 4. The average Bonchev–Trinajstić information content (AvgIpc) is 3.30. The number of alkyl halides is 3. The Morgan fingerprint density at radius 1 is 1.20 bits per heavy atom. The van der Waals surface area contributed by atoms with Crippen LogP contribution in [-0.2, 0) is 36.6 Å². The first-order chi connectivity index (χ1) is 20.5. The zero-order chi connectivity index (χ0) is 32.1. The summed E-state index contributed by atoms with van der Waals surface area (Å²) in [4.78, 5) is 37.0. The van der Waals surface area contributed by atoms with Gasteiger partial charge in [0.05, 0.1) is 35.1 Å². The summed E-state index contributed by atoms with van der Waals surface area (Å²) in [6, 6.07) is 5.92. The Balaban J connectivity index is 1.52. The molecule has 3 aromatic heterocycles. The van der Waals surface area contributed by atoms with Crippen molar-refractivity contribution in [3.8, 4) is 0 Å². The molecule has 0 fully saturated rings. The van der Waals surface area contributed by atoms with Gasteiger partial charge in [-0.2, -0.15) is 18.3 Å². The lowest BCUT2D eigenvalue weighted by Gasteiger charge is -2.30. The van der Waals surface area contributed by atoms with E-state index in [1.54, 1.807) is 20.0 Å². The van der Waals surface area contributed by atoms with E-state index < -0.39 is 34.7 Å². The fourth-order valence-corrected chi connectivity index (χ4v) is 5.86. The highest BCUT2D eigenvalue weighted by molar-refractivity contribution is 7.89. The number of nitrogens with zero attached hydrogens (tertiary/aromatic N) is 6. The number of rotatable bonds is 7. The van der Waals surface area contributed by atoms with Gasteiger partial charge in [-0.3, -0.25) is 18.8 Å². The van der Waals surface area contributed by atoms with Crippen LogP contribution >= 0.6 is 11.6 Å². The molecule has 0 saturated carbocycles. The van der Waals surface area contributed by atoms with Gasteiger partial charge in [-0.15, -0.1) is 0 Å². The molecule has 0 radical (unpaired) electrons. The van der Waals surface area contributed by atoms with E-state index in [0.717, 1.165) is 16.5 Å². The van der Waals surface area contributed by atoms with Gasteiger partial charge in [0.2, 0.25) is 16.0 Å². The van der Waals surface area contributed by atoms with Crippen LogP contribution in [0.25, 0.3) is 10.9 Å². The molecule has 12 nitrogen and oxygen atoms in total. The lowest BCUT2D eigenvalue weighted by atomic mass is 10.0. The van der Waals surface area contributed by atoms with Crippen LogP contribution in [-0.4, -0.2) is 57.6 Å². The molecule has 0 unspecified atom stereocenters. The van der Waals surface area contributed by atoms with Gasteiger partial charge < -0.3 is 10.2 Å². The van der Waals surface area contributed by atoms with Crippen molar-refractivity contribution >= 4 is 50.1 Å². The van der Waals surface area contributed by atoms with Gasteiger partial charge in [0.25, 0.3) is 11.5 Å². The van der Waals surface area contributed by atoms with Gasteiger partial charge in [-0.05, 0) is 37.6 Å². The monoisotopic (exact) mass is 652 g/mol. The lowest BCUT2D eigenvalue weighted by Crippen LogP contribution is -2.36. The van der Waals surface area contributed by atoms with Crippen molar-refractivity contribution in [2.24, 2.45) is 7.05 Å². The van der Waals surface area contributed by atoms with E-state index in [-0.39, 0.29) is 35.1 Å². The maximum absolute atomic E-state index is 13.6. The van der Waals surface area contributed by atoms with Gasteiger partial charge in [-0.1, -0.05) is 17.7 Å². The molecule has 2 N–H and O–H groups in total. The molecular formula is C27H28ClF3N8O4S. The van der Waals surface area contributed by atoms with E-state index in [9.17, 15) is 31.2 Å². The lowest BCUT2D eigenvalue weighted by molar-refractivity contribution is -0.143. The molecule has 234 valence electrons. The molecule has 1 atom stereocenters. The number of amides is 1. The summed E-state index contributed by atoms with van der Waals surface area (Å²) >= 11 is 5.99. The molecule has 1 amide bonds. The Morgan fingerprint density at radius 3 is 2.61 bits per heavy atom. The first-order valence-electron chi connectivity index (χ1n) is 13.3. The van der Waals surface area contributed by atoms with Crippen LogP contribution < -0.4 is 20.5 Å². The molecule has 5 rings (SSSR count). The number of anilines is 2. The predicted molar refractivity (Wildman–Crippen MR) is 158 cm³/mol. The van der Waals surface area contributed by atoms with E-state index in [1.807, 2.05) is 22.6 Å². The van der Waals surface area contributed by atoms with E-state index in [4.69, 9.17) is 16.6 Å². The van der Waals surface area contributed by atoms with Crippen molar-refractivity contribution in [3.05, 3.63) is 74.0 Å². The standard InChI is InChI=1S/C27H28ClF3N8O4S/c1-14-9-17(15(2)33-19-5-6-21(28)34-23(19)24(40)36-44(4,42)43)22-18(10-14)25(41)37(3)26(35-22)38-8-7-20-16(12-38)11-32-39(20)13-27(29,30)31/h5-6,9-11,15,33H,7-8,12-13H2,1-4H3,(H,36,40)/t15-/m1/s1. The molecule has 4 aromatic rings. The van der Waals surface area contributed by atoms with Crippen LogP contribution in [0.3, 0.4) is 0 Å². The summed E-state index contributed by atoms with van der Waals surface area (Å²) in [7, 11) is -2.30. The second-order valence-corrected chi connectivity index (χ2v) is 12.8. The summed E-state index contributed by atoms with van der Waals surface area (Å²) < 4.78 is 66.6. The molecule has 17 heteroatoms. The zero-order valence-electron chi connectivity index (χ0n) is 24.0. The highest BCUT2D eigenvalue weighted by Gasteiger charge is 2.32. The number of hydrogen-bond acceptors (Lipinski definition) is 9. The highest BCUT2D eigenvalue weighted by atomic mass is 35.5. The Morgan fingerprint density at radius 2 is 1.93 bits per heavy atom. The fraction of sp³-hybridized carbons (Fsp3) is 0.370. The summed E-state index contributed by atoms with van der Waals surface area (Å²) in [5.74, 6) is -0.647. The zero-order valence-corrected chi connectivity index (χ0v) is 25.6. The summed E-state index contributed by atoms with van der Waals surface area (Å²) in [6.07, 6.45) is -1.88. The molecule has 4 heterocycles. The number of hydrogen-bond donors (Lipinski definition) is 2. The van der Waals surface area contributed by atoms with Gasteiger partial charge in [-0.25, -0.2) is 23.1 Å². The SMILES string of the molecule is Cc1cc([C@@H](C)Nc2ccc(Cl)nc2C(=O)NS(C)(=O)=O)c2nc(N3CCc4c(cnn4CC(F)(F)F)C3)n(C)c(=O)c2c1. The number of sulfonamides is 1. The van der Waals surface area contributed by atoms with Crippen LogP contribution in [0, 0.1) is 6.92 Å². The fourth-order valence-electron chi connectivity index (χ4n) is 5.28.